The quantitative estimate of drug-likeness (QED) is 0.679. The van der Waals surface area contributed by atoms with Crippen molar-refractivity contribution in [3.8, 4) is 0 Å². The van der Waals surface area contributed by atoms with E-state index in [-0.39, 0.29) is 27.1 Å². The van der Waals surface area contributed by atoms with Gasteiger partial charge >= 0.3 is 148 Å². The number of rotatable bonds is 7. The molecule has 0 aliphatic heterocycles. The minimum absolute atomic E-state index is 0.0525. The number of nitrogens with one attached hydrogen (secondary N) is 2. The number of hydrogen-bond acceptors (Lipinski definition) is 2. The van der Waals surface area contributed by atoms with Gasteiger partial charge in [0.15, 0.2) is 0 Å². The van der Waals surface area contributed by atoms with E-state index in [1.165, 1.54) is 0 Å². The van der Waals surface area contributed by atoms with Gasteiger partial charge in [0.1, 0.15) is 0 Å². The zero-order valence-corrected chi connectivity index (χ0v) is 17.4. The Balaban J connectivity index is 3.15. The monoisotopic (exact) mass is 359 g/mol. The summed E-state index contributed by atoms with van der Waals surface area (Å²) in [5, 5.41) is 11.4. The van der Waals surface area contributed by atoms with E-state index in [0.717, 1.165) is 32.1 Å². The molecule has 2 N–H and O–H groups in total. The number of carbonyl (C=O) groups is 2. The first-order valence-corrected chi connectivity index (χ1v) is 13.1. The van der Waals surface area contributed by atoms with Crippen LogP contribution in [-0.2, 0) is 27.5 Å². The molecule has 2 amide bonds. The summed E-state index contributed by atoms with van der Waals surface area (Å²) in [5.41, 5.74) is 0.231. The summed E-state index contributed by atoms with van der Waals surface area (Å²) < 4.78 is -0.0525. The third-order valence-corrected chi connectivity index (χ3v) is 9.57. The fraction of sp³-hybridized carbons (Fsp3) is 0.889. The van der Waals surface area contributed by atoms with Crippen molar-refractivity contribution in [1.82, 2.24) is 10.6 Å². The van der Waals surface area contributed by atoms with Crippen LogP contribution in [0.15, 0.2) is 0 Å². The van der Waals surface area contributed by atoms with Gasteiger partial charge in [-0.05, 0) is 0 Å². The molecule has 0 heterocycles. The first-order chi connectivity index (χ1) is 10.8. The summed E-state index contributed by atoms with van der Waals surface area (Å²) in [6.07, 6.45) is 6.31. The Labute approximate surface area is 148 Å². The first-order valence-electron chi connectivity index (χ1n) is 9.17. The van der Waals surface area contributed by atoms with Gasteiger partial charge in [0, 0.05) is 0 Å². The summed E-state index contributed by atoms with van der Waals surface area (Å²) in [5.74, 6) is 0.282. The maximum atomic E-state index is 12.2. The topological polar surface area (TPSA) is 58.2 Å². The van der Waals surface area contributed by atoms with Crippen LogP contribution in [0, 0.1) is 5.41 Å². The second kappa shape index (κ2) is 8.66. The van der Waals surface area contributed by atoms with Crippen LogP contribution < -0.4 is 10.6 Å². The Kier molecular flexibility index (Phi) is 7.80. The first kappa shape index (κ1) is 20.7. The van der Waals surface area contributed by atoms with E-state index in [2.05, 4.69) is 34.9 Å². The fourth-order valence-electron chi connectivity index (χ4n) is 3.98. The molecule has 1 saturated carbocycles. The molecule has 0 aromatic rings. The van der Waals surface area contributed by atoms with Gasteiger partial charge in [0.25, 0.3) is 0 Å². The Morgan fingerprint density at radius 3 is 2.00 bits per heavy atom. The van der Waals surface area contributed by atoms with Gasteiger partial charge in [-0.15, -0.1) is 0 Å². The molecule has 2 atom stereocenters. The number of carbonyl (C=O) groups excluding carboxylic acids is 2. The average molecular weight is 359 g/mol. The van der Waals surface area contributed by atoms with E-state index < -0.39 is 17.9 Å². The Morgan fingerprint density at radius 1 is 1.00 bits per heavy atom. The average Bonchev–Trinajstić information content (AvgIpc) is 2.53. The van der Waals surface area contributed by atoms with Crippen LogP contribution >= 0.6 is 0 Å². The molecule has 1 aliphatic rings. The van der Waals surface area contributed by atoms with Gasteiger partial charge in [-0.2, -0.15) is 0 Å². The molecule has 1 aliphatic carbocycles. The van der Waals surface area contributed by atoms with Crippen molar-refractivity contribution < 1.29 is 27.5 Å². The normalized spacial score (nSPS) is 26.4. The van der Waals surface area contributed by atoms with Gasteiger partial charge < -0.3 is 0 Å². The predicted molar refractivity (Wildman–Crippen MR) is 92.0 cm³/mol. The number of hydrogen-bond donors (Lipinski definition) is 2. The van der Waals surface area contributed by atoms with Gasteiger partial charge in [0.2, 0.25) is 0 Å². The maximum absolute atomic E-state index is 12.2. The molecule has 23 heavy (non-hydrogen) atoms. The van der Waals surface area contributed by atoms with Crippen LogP contribution in [0.1, 0.15) is 72.6 Å². The SMILES string of the molecule is CCC(=O)NC1CC(CC)(CC)C[C](NC(=O)CC)([Ti]([CH3])[CH3])C1. The number of amides is 2. The third kappa shape index (κ3) is 5.06. The summed E-state index contributed by atoms with van der Waals surface area (Å²) in [6, 6.07) is 0.190. The molecule has 4 nitrogen and oxygen atoms in total. The van der Waals surface area contributed by atoms with Crippen molar-refractivity contribution in [2.45, 2.75) is 93.0 Å². The van der Waals surface area contributed by atoms with Crippen molar-refractivity contribution in [2.24, 2.45) is 5.41 Å². The Hall–Kier alpha value is -0.346. The van der Waals surface area contributed by atoms with Gasteiger partial charge in [0.05, 0.1) is 0 Å². The summed E-state index contributed by atoms with van der Waals surface area (Å²) >= 11 is -1.44. The van der Waals surface area contributed by atoms with Gasteiger partial charge in [-0.25, -0.2) is 0 Å². The molecule has 0 spiro atoms. The molecule has 2 unspecified atom stereocenters. The molecule has 0 aromatic carbocycles. The molecule has 133 valence electrons. The van der Waals surface area contributed by atoms with Crippen molar-refractivity contribution in [2.75, 3.05) is 0 Å². The van der Waals surface area contributed by atoms with Crippen LogP contribution in [0.2, 0.25) is 10.5 Å². The van der Waals surface area contributed by atoms with Crippen molar-refractivity contribution >= 4 is 11.8 Å². The molecular weight excluding hydrogens is 324 g/mol. The second-order valence-corrected chi connectivity index (χ2v) is 12.0. The summed E-state index contributed by atoms with van der Waals surface area (Å²) in [7, 11) is 0. The molecule has 5 heteroatoms. The fourth-order valence-corrected chi connectivity index (χ4v) is 6.74. The second-order valence-electron chi connectivity index (χ2n) is 7.39. The van der Waals surface area contributed by atoms with Crippen LogP contribution in [-0.4, -0.2) is 21.7 Å². The van der Waals surface area contributed by atoms with Gasteiger partial charge in [-0.1, -0.05) is 0 Å². The Bertz CT molecular complexity index is 421. The molecule has 0 bridgehead atoms. The Morgan fingerprint density at radius 2 is 1.57 bits per heavy atom. The van der Waals surface area contributed by atoms with Crippen molar-refractivity contribution in [1.29, 1.82) is 0 Å². The van der Waals surface area contributed by atoms with Crippen molar-refractivity contribution in [3.63, 3.8) is 0 Å². The summed E-state index contributed by atoms with van der Waals surface area (Å²) in [6.45, 7) is 8.33. The van der Waals surface area contributed by atoms with Gasteiger partial charge in [-0.3, -0.25) is 0 Å². The van der Waals surface area contributed by atoms with E-state index >= 15 is 0 Å². The van der Waals surface area contributed by atoms with E-state index in [1.54, 1.807) is 0 Å². The predicted octanol–water partition coefficient (Wildman–Crippen LogP) is 3.81. The van der Waals surface area contributed by atoms with Crippen LogP contribution in [0.25, 0.3) is 0 Å². The zero-order valence-electron chi connectivity index (χ0n) is 15.8. The van der Waals surface area contributed by atoms with E-state index in [9.17, 15) is 9.59 Å². The zero-order chi connectivity index (χ0) is 17.7. The van der Waals surface area contributed by atoms with E-state index in [4.69, 9.17) is 0 Å². The van der Waals surface area contributed by atoms with Crippen LogP contribution in [0.3, 0.4) is 0 Å². The molecular formula is C18H35N2O2Ti. The summed E-state index contributed by atoms with van der Waals surface area (Å²) in [4.78, 5) is 24.1. The standard InChI is InChI=1S/C16H29N2O2.2CH3.Ti/c1-5-14(19)17-12-9-13(18-15(20)6-2)11-16(7-3,8-4)10-12;;;/h12H,5-11H2,1-4H3,(H,17,19)(H,18,20);2*1H3;. The van der Waals surface area contributed by atoms with E-state index in [1.807, 2.05) is 13.8 Å². The minimum atomic E-state index is -1.44. The molecule has 0 radical (unpaired) electrons. The van der Waals surface area contributed by atoms with E-state index in [0.29, 0.717) is 12.8 Å². The van der Waals surface area contributed by atoms with Crippen LogP contribution in [0.5, 0.6) is 0 Å². The molecule has 1 fully saturated rings. The molecule has 0 saturated heterocycles. The van der Waals surface area contributed by atoms with Crippen molar-refractivity contribution in [3.05, 3.63) is 0 Å². The molecule has 0 aromatic heterocycles. The third-order valence-electron chi connectivity index (χ3n) is 5.79. The molecule has 1 rings (SSSR count). The van der Waals surface area contributed by atoms with Crippen LogP contribution in [0.4, 0.5) is 0 Å².